The number of anilines is 1. The summed E-state index contributed by atoms with van der Waals surface area (Å²) >= 11 is 0. The van der Waals surface area contributed by atoms with Gasteiger partial charge >= 0.3 is 6.09 Å². The summed E-state index contributed by atoms with van der Waals surface area (Å²) in [7, 11) is 0. The predicted molar refractivity (Wildman–Crippen MR) is 71.5 cm³/mol. The highest BCUT2D eigenvalue weighted by atomic mass is 16.4. The second-order valence-electron chi connectivity index (χ2n) is 4.64. The van der Waals surface area contributed by atoms with E-state index in [4.69, 9.17) is 5.11 Å². The largest absolute Gasteiger partial charge is 0.465 e. The van der Waals surface area contributed by atoms with Crippen molar-refractivity contribution in [2.24, 2.45) is 0 Å². The Morgan fingerprint density at radius 1 is 1.43 bits per heavy atom. The van der Waals surface area contributed by atoms with Gasteiger partial charge in [-0.3, -0.25) is 4.79 Å². The third-order valence-corrected chi connectivity index (χ3v) is 3.28. The van der Waals surface area contributed by atoms with Crippen LogP contribution >= 0.6 is 0 Å². The average Bonchev–Trinajstić information content (AvgIpc) is 2.93. The van der Waals surface area contributed by atoms with Gasteiger partial charge in [0.15, 0.2) is 0 Å². The van der Waals surface area contributed by atoms with Crippen molar-refractivity contribution < 1.29 is 14.7 Å². The van der Waals surface area contributed by atoms with Crippen LogP contribution in [0.1, 0.15) is 12.0 Å². The van der Waals surface area contributed by atoms with Crippen molar-refractivity contribution in [2.75, 3.05) is 5.32 Å². The lowest BCUT2D eigenvalue weighted by atomic mass is 10.0. The molecule has 0 bridgehead atoms. The highest BCUT2D eigenvalue weighted by molar-refractivity contribution is 5.98. The lowest BCUT2D eigenvalue weighted by molar-refractivity contribution is -0.118. The zero-order valence-corrected chi connectivity index (χ0v) is 10.8. The molecule has 1 aromatic heterocycles. The van der Waals surface area contributed by atoms with Gasteiger partial charge in [0.1, 0.15) is 6.04 Å². The number of carboxylic acid groups (broad SMARTS) is 1. The van der Waals surface area contributed by atoms with Crippen LogP contribution in [0.25, 0.3) is 11.4 Å². The summed E-state index contributed by atoms with van der Waals surface area (Å²) in [6.07, 6.45) is -0.264. The van der Waals surface area contributed by atoms with Crippen LogP contribution in [0, 0.1) is 0 Å². The number of carbonyl (C=O) groups is 2. The van der Waals surface area contributed by atoms with E-state index in [-0.39, 0.29) is 5.91 Å². The van der Waals surface area contributed by atoms with Crippen molar-refractivity contribution in [3.05, 3.63) is 23.8 Å². The first kappa shape index (κ1) is 13.0. The molecule has 9 heteroatoms. The highest BCUT2D eigenvalue weighted by Gasteiger charge is 2.25. The van der Waals surface area contributed by atoms with E-state index in [1.165, 1.54) is 0 Å². The van der Waals surface area contributed by atoms with Gasteiger partial charge < -0.3 is 15.7 Å². The number of rotatable bonds is 2. The van der Waals surface area contributed by atoms with Gasteiger partial charge in [0, 0.05) is 11.3 Å². The van der Waals surface area contributed by atoms with Crippen LogP contribution in [0.15, 0.2) is 18.2 Å². The molecule has 108 valence electrons. The SMILES string of the molecule is O=C(O)NC1CCc2cc(-c3nn[nH]n3)ccc2NC1=O. The molecule has 9 nitrogen and oxygen atoms in total. The minimum Gasteiger partial charge on any atom is -0.465 e. The lowest BCUT2D eigenvalue weighted by Gasteiger charge is -2.12. The first-order valence-corrected chi connectivity index (χ1v) is 6.30. The van der Waals surface area contributed by atoms with Gasteiger partial charge in [-0.2, -0.15) is 5.21 Å². The number of H-pyrrole nitrogens is 1. The average molecular weight is 288 g/mol. The highest BCUT2D eigenvalue weighted by Crippen LogP contribution is 2.26. The first-order valence-electron chi connectivity index (χ1n) is 6.30. The van der Waals surface area contributed by atoms with Crippen LogP contribution in [0.3, 0.4) is 0 Å². The third-order valence-electron chi connectivity index (χ3n) is 3.28. The number of carbonyl (C=O) groups excluding carboxylic acids is 1. The summed E-state index contributed by atoms with van der Waals surface area (Å²) in [5.41, 5.74) is 2.35. The Morgan fingerprint density at radius 3 is 3.00 bits per heavy atom. The molecule has 0 spiro atoms. The fourth-order valence-corrected chi connectivity index (χ4v) is 2.28. The zero-order chi connectivity index (χ0) is 14.8. The molecule has 2 amide bonds. The van der Waals surface area contributed by atoms with Crippen molar-refractivity contribution in [3.63, 3.8) is 0 Å². The van der Waals surface area contributed by atoms with Crippen LogP contribution in [-0.4, -0.2) is 43.8 Å². The molecule has 4 N–H and O–H groups in total. The van der Waals surface area contributed by atoms with E-state index in [0.29, 0.717) is 24.4 Å². The summed E-state index contributed by atoms with van der Waals surface area (Å²) in [6, 6.07) is 4.63. The van der Waals surface area contributed by atoms with Crippen molar-refractivity contribution >= 4 is 17.7 Å². The molecule has 3 rings (SSSR count). The van der Waals surface area contributed by atoms with Crippen molar-refractivity contribution in [1.29, 1.82) is 0 Å². The standard InChI is InChI=1S/C12H12N6O3/c19-11-9(14-12(20)21)4-1-6-5-7(2-3-8(6)13-11)10-15-17-18-16-10/h2-3,5,9,14H,1,4H2,(H,13,19)(H,20,21)(H,15,16,17,18). The van der Waals surface area contributed by atoms with E-state index in [0.717, 1.165) is 11.1 Å². The minimum absolute atomic E-state index is 0.358. The number of hydrogen-bond acceptors (Lipinski definition) is 5. The number of nitrogens with one attached hydrogen (secondary N) is 3. The van der Waals surface area contributed by atoms with Crippen molar-refractivity contribution in [1.82, 2.24) is 25.9 Å². The van der Waals surface area contributed by atoms with E-state index >= 15 is 0 Å². The number of nitrogens with zero attached hydrogens (tertiary/aromatic N) is 3. The summed E-state index contributed by atoms with van der Waals surface area (Å²) in [4.78, 5) is 22.6. The lowest BCUT2D eigenvalue weighted by Crippen LogP contribution is -2.42. The molecular formula is C12H12N6O3. The molecule has 0 saturated heterocycles. The Hall–Kier alpha value is -2.97. The molecule has 21 heavy (non-hydrogen) atoms. The number of tetrazole rings is 1. The monoisotopic (exact) mass is 288 g/mol. The maximum absolute atomic E-state index is 11.9. The molecule has 1 aliphatic rings. The molecule has 0 saturated carbocycles. The normalized spacial score (nSPS) is 17.5. The Bertz CT molecular complexity index is 684. The number of aryl methyl sites for hydroxylation is 1. The third kappa shape index (κ3) is 2.66. The second kappa shape index (κ2) is 5.19. The van der Waals surface area contributed by atoms with Gasteiger partial charge in [-0.1, -0.05) is 0 Å². The van der Waals surface area contributed by atoms with Crippen LogP contribution in [0.2, 0.25) is 0 Å². The quantitative estimate of drug-likeness (QED) is 0.631. The van der Waals surface area contributed by atoms with Crippen molar-refractivity contribution in [2.45, 2.75) is 18.9 Å². The van der Waals surface area contributed by atoms with Crippen LogP contribution < -0.4 is 10.6 Å². The Balaban J connectivity index is 1.87. The van der Waals surface area contributed by atoms with Gasteiger partial charge in [0.2, 0.25) is 11.7 Å². The number of amides is 2. The molecule has 1 aromatic carbocycles. The van der Waals surface area contributed by atoms with Gasteiger partial charge in [-0.05, 0) is 41.8 Å². The number of aromatic nitrogens is 4. The molecule has 1 atom stereocenters. The molecule has 1 unspecified atom stereocenters. The van der Waals surface area contributed by atoms with Gasteiger partial charge in [-0.25, -0.2) is 4.79 Å². The number of fused-ring (bicyclic) bond motifs is 1. The molecular weight excluding hydrogens is 276 g/mol. The summed E-state index contributed by atoms with van der Waals surface area (Å²) in [5, 5.41) is 27.4. The zero-order valence-electron chi connectivity index (χ0n) is 10.8. The fourth-order valence-electron chi connectivity index (χ4n) is 2.28. The molecule has 0 fully saturated rings. The predicted octanol–water partition coefficient (Wildman–Crippen LogP) is 0.388. The van der Waals surface area contributed by atoms with Crippen LogP contribution in [0.4, 0.5) is 10.5 Å². The topological polar surface area (TPSA) is 133 Å². The number of aromatic amines is 1. The maximum atomic E-state index is 11.9. The fraction of sp³-hybridized carbons (Fsp3) is 0.250. The van der Waals surface area contributed by atoms with Gasteiger partial charge in [-0.15, -0.1) is 10.2 Å². The van der Waals surface area contributed by atoms with Crippen LogP contribution in [-0.2, 0) is 11.2 Å². The molecule has 2 heterocycles. The molecule has 2 aromatic rings. The Labute approximate surface area is 118 Å². The molecule has 0 aliphatic carbocycles. The Morgan fingerprint density at radius 2 is 2.29 bits per heavy atom. The van der Waals surface area contributed by atoms with Crippen LogP contribution in [0.5, 0.6) is 0 Å². The number of hydrogen-bond donors (Lipinski definition) is 4. The second-order valence-corrected chi connectivity index (χ2v) is 4.64. The smallest absolute Gasteiger partial charge is 0.405 e. The number of benzene rings is 1. The van der Waals surface area contributed by atoms with E-state index < -0.39 is 12.1 Å². The first-order chi connectivity index (χ1) is 10.1. The molecule has 1 aliphatic heterocycles. The van der Waals surface area contributed by atoms with E-state index in [9.17, 15) is 9.59 Å². The summed E-state index contributed by atoms with van der Waals surface area (Å²) in [5.74, 6) is 0.108. The summed E-state index contributed by atoms with van der Waals surface area (Å²) in [6.45, 7) is 0. The molecule has 0 radical (unpaired) electrons. The van der Waals surface area contributed by atoms with E-state index in [1.807, 2.05) is 6.07 Å². The van der Waals surface area contributed by atoms with Gasteiger partial charge in [0.05, 0.1) is 0 Å². The van der Waals surface area contributed by atoms with Gasteiger partial charge in [0.25, 0.3) is 0 Å². The summed E-state index contributed by atoms with van der Waals surface area (Å²) < 4.78 is 0. The van der Waals surface area contributed by atoms with E-state index in [1.54, 1.807) is 12.1 Å². The van der Waals surface area contributed by atoms with E-state index in [2.05, 4.69) is 31.3 Å². The van der Waals surface area contributed by atoms with Crippen molar-refractivity contribution in [3.8, 4) is 11.4 Å². The Kier molecular flexibility index (Phi) is 3.22. The maximum Gasteiger partial charge on any atom is 0.405 e. The minimum atomic E-state index is -1.21.